The lowest BCUT2D eigenvalue weighted by molar-refractivity contribution is 1.34. The normalized spacial score (nSPS) is 11.7. The van der Waals surface area contributed by atoms with Crippen molar-refractivity contribution in [3.8, 4) is 33.5 Å². The first kappa shape index (κ1) is 24.3. The molecule has 0 aliphatic heterocycles. The van der Waals surface area contributed by atoms with Gasteiger partial charge in [-0.3, -0.25) is 4.98 Å². The minimum atomic E-state index is 0.991. The first-order valence-corrected chi connectivity index (χ1v) is 15.4. The molecule has 2 heterocycles. The van der Waals surface area contributed by atoms with E-state index in [1.807, 2.05) is 11.3 Å². The Morgan fingerprint density at radius 3 is 1.70 bits per heavy atom. The van der Waals surface area contributed by atoms with Crippen molar-refractivity contribution in [2.24, 2.45) is 0 Å². The number of pyridine rings is 1. The highest BCUT2D eigenvalue weighted by Gasteiger charge is 2.18. The maximum atomic E-state index is 5.14. The van der Waals surface area contributed by atoms with Gasteiger partial charge in [0.1, 0.15) is 0 Å². The molecule has 0 unspecified atom stereocenters. The van der Waals surface area contributed by atoms with Crippen molar-refractivity contribution < 1.29 is 0 Å². The van der Waals surface area contributed by atoms with Crippen LogP contribution in [-0.2, 0) is 0 Å². The highest BCUT2D eigenvalue weighted by Crippen LogP contribution is 2.44. The van der Waals surface area contributed by atoms with Crippen molar-refractivity contribution >= 4 is 63.8 Å². The highest BCUT2D eigenvalue weighted by molar-refractivity contribution is 7.26. The summed E-state index contributed by atoms with van der Waals surface area (Å²) in [7, 11) is 0. The molecule has 0 atom stereocenters. The van der Waals surface area contributed by atoms with Crippen LogP contribution in [0.3, 0.4) is 0 Å². The summed E-state index contributed by atoms with van der Waals surface area (Å²) in [6, 6.07) is 52.6. The van der Waals surface area contributed by atoms with Gasteiger partial charge >= 0.3 is 0 Å². The van der Waals surface area contributed by atoms with Gasteiger partial charge in [-0.25, -0.2) is 0 Å². The third kappa shape index (κ3) is 3.81. The van der Waals surface area contributed by atoms with Crippen LogP contribution in [0.5, 0.6) is 0 Å². The van der Waals surface area contributed by atoms with Crippen LogP contribution < -0.4 is 0 Å². The van der Waals surface area contributed by atoms with Crippen LogP contribution in [0, 0.1) is 0 Å². The second-order valence-corrected chi connectivity index (χ2v) is 12.2. The third-order valence-electron chi connectivity index (χ3n) is 8.69. The molecule has 9 aromatic rings. The van der Waals surface area contributed by atoms with Crippen LogP contribution in [0.4, 0.5) is 0 Å². The molecule has 1 nitrogen and oxygen atoms in total. The summed E-state index contributed by atoms with van der Waals surface area (Å²) in [5.41, 5.74) is 7.05. The molecule has 2 heteroatoms. The van der Waals surface area contributed by atoms with Gasteiger partial charge in [-0.15, -0.1) is 11.3 Å². The Bertz CT molecular complexity index is 2430. The zero-order valence-electron chi connectivity index (χ0n) is 23.3. The number of rotatable bonds is 3. The zero-order chi connectivity index (χ0) is 28.3. The van der Waals surface area contributed by atoms with E-state index in [1.165, 1.54) is 74.7 Å². The Morgan fingerprint density at radius 1 is 0.419 bits per heavy atom. The molecule has 0 bridgehead atoms. The summed E-state index contributed by atoms with van der Waals surface area (Å²) in [6.07, 6.45) is 2.06. The Hall–Kier alpha value is -5.31. The van der Waals surface area contributed by atoms with E-state index in [0.29, 0.717) is 0 Å². The van der Waals surface area contributed by atoms with Crippen LogP contribution in [0.15, 0.2) is 152 Å². The minimum Gasteiger partial charge on any atom is -0.256 e. The Morgan fingerprint density at radius 2 is 1.02 bits per heavy atom. The van der Waals surface area contributed by atoms with E-state index in [9.17, 15) is 0 Å². The van der Waals surface area contributed by atoms with Gasteiger partial charge in [0.2, 0.25) is 0 Å². The first-order valence-electron chi connectivity index (χ1n) is 14.6. The van der Waals surface area contributed by atoms with Gasteiger partial charge in [-0.05, 0) is 61.6 Å². The number of hydrogen-bond donors (Lipinski definition) is 0. The van der Waals surface area contributed by atoms with Gasteiger partial charge in [0, 0.05) is 43.1 Å². The predicted molar refractivity (Wildman–Crippen MR) is 186 cm³/mol. The topological polar surface area (TPSA) is 12.9 Å². The smallest absolute Gasteiger partial charge is 0.0714 e. The summed E-state index contributed by atoms with van der Waals surface area (Å²) in [4.78, 5) is 5.14. The molecule has 43 heavy (non-hydrogen) atoms. The molecule has 0 saturated heterocycles. The third-order valence-corrected chi connectivity index (χ3v) is 9.89. The number of benzene rings is 7. The van der Waals surface area contributed by atoms with Gasteiger partial charge < -0.3 is 0 Å². The Balaban J connectivity index is 1.23. The van der Waals surface area contributed by atoms with Crippen LogP contribution >= 0.6 is 11.3 Å². The van der Waals surface area contributed by atoms with E-state index >= 15 is 0 Å². The molecule has 0 fully saturated rings. The van der Waals surface area contributed by atoms with Gasteiger partial charge in [-0.2, -0.15) is 0 Å². The molecule has 0 spiro atoms. The van der Waals surface area contributed by atoms with Crippen molar-refractivity contribution in [2.45, 2.75) is 0 Å². The first-order chi connectivity index (χ1) is 21.3. The average molecular weight is 564 g/mol. The lowest BCUT2D eigenvalue weighted by Crippen LogP contribution is -1.92. The molecule has 0 amide bonds. The second-order valence-electron chi connectivity index (χ2n) is 11.1. The molecule has 0 aliphatic carbocycles. The highest BCUT2D eigenvalue weighted by atomic mass is 32.1. The summed E-state index contributed by atoms with van der Waals surface area (Å²) in [5, 5.41) is 10.1. The quantitative estimate of drug-likeness (QED) is 0.195. The number of aromatic nitrogens is 1. The van der Waals surface area contributed by atoms with E-state index in [4.69, 9.17) is 4.98 Å². The van der Waals surface area contributed by atoms with Crippen molar-refractivity contribution in [3.63, 3.8) is 0 Å². The SMILES string of the molecule is c1ccc(-c2c3ccccc3c(-c3ccc(-c4cccc5c4sc4cc6ccccc6cc45)cn3)c3ccccc23)cc1. The van der Waals surface area contributed by atoms with Gasteiger partial charge in [-0.1, -0.05) is 127 Å². The summed E-state index contributed by atoms with van der Waals surface area (Å²) in [6.45, 7) is 0. The Labute approximate surface area is 253 Å². The molecule has 0 saturated carbocycles. The molecule has 7 aromatic carbocycles. The summed E-state index contributed by atoms with van der Waals surface area (Å²) >= 11 is 1.87. The van der Waals surface area contributed by atoms with E-state index in [0.717, 1.165) is 11.3 Å². The number of fused-ring (bicyclic) bond motifs is 6. The fourth-order valence-electron chi connectivity index (χ4n) is 6.73. The molecular formula is C41H25NS. The average Bonchev–Trinajstić information content (AvgIpc) is 3.44. The van der Waals surface area contributed by atoms with Gasteiger partial charge in [0.25, 0.3) is 0 Å². The van der Waals surface area contributed by atoms with E-state index < -0.39 is 0 Å². The molecule has 0 radical (unpaired) electrons. The van der Waals surface area contributed by atoms with Crippen molar-refractivity contribution in [1.29, 1.82) is 0 Å². The van der Waals surface area contributed by atoms with Gasteiger partial charge in [0.05, 0.1) is 5.69 Å². The van der Waals surface area contributed by atoms with Gasteiger partial charge in [0.15, 0.2) is 0 Å². The van der Waals surface area contributed by atoms with Crippen molar-refractivity contribution in [3.05, 3.63) is 152 Å². The monoisotopic (exact) mass is 563 g/mol. The van der Waals surface area contributed by atoms with E-state index in [-0.39, 0.29) is 0 Å². The molecule has 2 aromatic heterocycles. The van der Waals surface area contributed by atoms with E-state index in [1.54, 1.807) is 0 Å². The molecule has 0 aliphatic rings. The van der Waals surface area contributed by atoms with Crippen LogP contribution in [0.25, 0.3) is 86.0 Å². The Kier molecular flexibility index (Phi) is 5.44. The standard InChI is InChI=1S/C41H25NS/c1-2-11-26(12-3-1)39-31-15-6-8-17-33(31)40(34-18-9-7-16-32(34)39)37-22-21-29(25-42-37)30-19-10-20-35-36-23-27-13-4-5-14-28(27)24-38(36)43-41(30)35/h1-25H. The van der Waals surface area contributed by atoms with Crippen LogP contribution in [-0.4, -0.2) is 4.98 Å². The molecule has 0 N–H and O–H groups in total. The molecule has 9 rings (SSSR count). The lowest BCUT2D eigenvalue weighted by atomic mass is 9.87. The van der Waals surface area contributed by atoms with Crippen LogP contribution in [0.1, 0.15) is 0 Å². The fourth-order valence-corrected chi connectivity index (χ4v) is 8.00. The van der Waals surface area contributed by atoms with E-state index in [2.05, 4.69) is 152 Å². The number of hydrogen-bond acceptors (Lipinski definition) is 2. The molecular weight excluding hydrogens is 539 g/mol. The fraction of sp³-hybridized carbons (Fsp3) is 0. The number of nitrogens with zero attached hydrogens (tertiary/aromatic N) is 1. The summed E-state index contributed by atoms with van der Waals surface area (Å²) in [5.74, 6) is 0. The lowest BCUT2D eigenvalue weighted by Gasteiger charge is -2.17. The minimum absolute atomic E-state index is 0.991. The number of thiophene rings is 1. The maximum absolute atomic E-state index is 5.14. The van der Waals surface area contributed by atoms with Crippen molar-refractivity contribution in [2.75, 3.05) is 0 Å². The predicted octanol–water partition coefficient (Wildman–Crippen LogP) is 11.9. The maximum Gasteiger partial charge on any atom is 0.0714 e. The summed E-state index contributed by atoms with van der Waals surface area (Å²) < 4.78 is 2.63. The largest absolute Gasteiger partial charge is 0.256 e. The van der Waals surface area contributed by atoms with Crippen LogP contribution in [0.2, 0.25) is 0 Å². The van der Waals surface area contributed by atoms with Crippen molar-refractivity contribution in [1.82, 2.24) is 4.98 Å². The second kappa shape index (κ2) is 9.62. The zero-order valence-corrected chi connectivity index (χ0v) is 24.1. The molecule has 200 valence electrons.